The van der Waals surface area contributed by atoms with Crippen LogP contribution >= 0.6 is 11.1 Å². The van der Waals surface area contributed by atoms with Gasteiger partial charge in [0.2, 0.25) is 7.38 Å². The molecule has 3 aromatic carbocycles. The zero-order valence-corrected chi connectivity index (χ0v) is 79.1. The number of halogens is 1. The fourth-order valence-electron chi connectivity index (χ4n) is 14.9. The third-order valence-electron chi connectivity index (χ3n) is 16.8. The van der Waals surface area contributed by atoms with E-state index >= 15 is 0 Å². The maximum atomic E-state index is 11.2. The molecule has 0 heterocycles. The predicted molar refractivity (Wildman–Crippen MR) is 435 cm³/mol. The minimum absolute atomic E-state index is 1.86. The molecule has 0 amide bonds. The molecular formula is C63H135ClSi16. The van der Waals surface area contributed by atoms with Crippen molar-refractivity contribution in [3.05, 3.63) is 0 Å². The van der Waals surface area contributed by atoms with Gasteiger partial charge in [-0.2, -0.15) is 0 Å². The first-order valence-electron chi connectivity index (χ1n) is 31.7. The van der Waals surface area contributed by atoms with Gasteiger partial charge < -0.3 is 0 Å². The Morgan fingerprint density at radius 2 is 0.163 bits per heavy atom. The normalized spacial score (nSPS) is 15.4. The molecule has 0 unspecified atom stereocenters. The van der Waals surface area contributed by atoms with Crippen molar-refractivity contribution in [3.8, 4) is 0 Å². The quantitative estimate of drug-likeness (QED) is 0.0677. The Labute approximate surface area is 522 Å². The molecule has 0 fully saturated rings. The van der Waals surface area contributed by atoms with Gasteiger partial charge in [0.25, 0.3) is 0 Å². The maximum absolute atomic E-state index is 11.2. The SMILES string of the molecule is C[Si](C)(C)c1c([Si](C)(C)C)c([Si](C)(C)C)c([Si](Cl)(c2c([Si](C)(C)C)c([Si](C)(C)C)c([Si](C)(C)C)c([Si](C)(C)C)c2[Si](C)(C)C)c2c([Si](C)(C)C)c([Si](C)(C)C)c([Si](C)(C)C)c([Si](C)(C)C)c2[Si](C)(C)C)c([Si](C)(C)C)c1[Si](C)(C)C. The molecule has 0 saturated carbocycles. The van der Waals surface area contributed by atoms with E-state index in [4.69, 9.17) is 0 Å². The molecule has 0 bridgehead atoms. The highest BCUT2D eigenvalue weighted by atomic mass is 35.6. The third kappa shape index (κ3) is 14.8. The van der Waals surface area contributed by atoms with Crippen LogP contribution in [-0.4, -0.2) is 128 Å². The van der Waals surface area contributed by atoms with Crippen LogP contribution < -0.4 is 93.4 Å². The summed E-state index contributed by atoms with van der Waals surface area (Å²) in [6.07, 6.45) is 0. The van der Waals surface area contributed by atoms with E-state index in [0.717, 1.165) is 0 Å². The van der Waals surface area contributed by atoms with Gasteiger partial charge in [-0.25, -0.2) is 0 Å². The lowest BCUT2D eigenvalue weighted by molar-refractivity contribution is 1.63. The topological polar surface area (TPSA) is 0 Å². The molecule has 17 heteroatoms. The van der Waals surface area contributed by atoms with E-state index in [9.17, 15) is 11.1 Å². The molecular weight excluding hydrogens is 1240 g/mol. The Bertz CT molecular complexity index is 2390. The average Bonchev–Trinajstić information content (AvgIpc) is 3.11. The fraction of sp³-hybridized carbons (Fsp3) is 0.714. The van der Waals surface area contributed by atoms with Crippen molar-refractivity contribution in [2.45, 2.75) is 295 Å². The van der Waals surface area contributed by atoms with Gasteiger partial charge in [-0.15, -0.1) is 11.1 Å². The van der Waals surface area contributed by atoms with Gasteiger partial charge in [0.05, 0.1) is 121 Å². The molecule has 0 nitrogen and oxygen atoms in total. The monoisotopic (exact) mass is 1370 g/mol. The number of hydrogen-bond acceptors (Lipinski definition) is 0. The lowest BCUT2D eigenvalue weighted by Gasteiger charge is -2.53. The molecule has 0 aliphatic carbocycles. The molecule has 0 aliphatic heterocycles. The molecule has 0 atom stereocenters. The Morgan fingerprint density at radius 1 is 0.113 bits per heavy atom. The molecule has 3 aromatic rings. The highest BCUT2D eigenvalue weighted by molar-refractivity contribution is 7.47. The molecule has 0 N–H and O–H groups in total. The first kappa shape index (κ1) is 75.7. The summed E-state index contributed by atoms with van der Waals surface area (Å²) >= 11 is 11.2. The lowest BCUT2D eigenvalue weighted by atomic mass is 10.3. The summed E-state index contributed by atoms with van der Waals surface area (Å²) in [6, 6.07) is 0. The average molecular weight is 1380 g/mol. The summed E-state index contributed by atoms with van der Waals surface area (Å²) in [7, 11) is -36.5. The zero-order valence-electron chi connectivity index (χ0n) is 62.4. The highest BCUT2D eigenvalue weighted by Gasteiger charge is 2.60. The van der Waals surface area contributed by atoms with Gasteiger partial charge >= 0.3 is 0 Å². The van der Waals surface area contributed by atoms with Crippen molar-refractivity contribution in [3.63, 3.8) is 0 Å². The van der Waals surface area contributed by atoms with Gasteiger partial charge in [0.1, 0.15) is 0 Å². The van der Waals surface area contributed by atoms with Crippen LogP contribution in [0.1, 0.15) is 0 Å². The van der Waals surface area contributed by atoms with Gasteiger partial charge in [-0.3, -0.25) is 0 Å². The summed E-state index contributed by atoms with van der Waals surface area (Å²) in [4.78, 5) is 0. The van der Waals surface area contributed by atoms with Gasteiger partial charge in [0.15, 0.2) is 0 Å². The second-order valence-electron chi connectivity index (χ2n) is 41.2. The van der Waals surface area contributed by atoms with Gasteiger partial charge in [0, 0.05) is 0 Å². The first-order chi connectivity index (χ1) is 34.2. The molecule has 458 valence electrons. The highest BCUT2D eigenvalue weighted by Crippen LogP contribution is 2.25. The largest absolute Gasteiger partial charge is 0.247 e. The van der Waals surface area contributed by atoms with Crippen LogP contribution in [0.5, 0.6) is 0 Å². The van der Waals surface area contributed by atoms with Crippen molar-refractivity contribution >= 4 is 233 Å². The number of rotatable bonds is 18. The van der Waals surface area contributed by atoms with Crippen LogP contribution in [0.25, 0.3) is 0 Å². The summed E-state index contributed by atoms with van der Waals surface area (Å²) < 4.78 is 0. The molecule has 0 aliphatic rings. The predicted octanol–water partition coefficient (Wildman–Crippen LogP) is 11.1. The minimum Gasteiger partial charge on any atom is -0.149 e. The summed E-state index contributed by atoms with van der Waals surface area (Å²) in [5, 5.41) is 34.3. The van der Waals surface area contributed by atoms with Crippen molar-refractivity contribution in [2.75, 3.05) is 0 Å². The van der Waals surface area contributed by atoms with E-state index in [-0.39, 0.29) is 0 Å². The van der Waals surface area contributed by atoms with Crippen LogP contribution in [0, 0.1) is 0 Å². The summed E-state index contributed by atoms with van der Waals surface area (Å²) in [6.45, 7) is 126. The summed E-state index contributed by atoms with van der Waals surface area (Å²) in [5.41, 5.74) is 0. The molecule has 80 heavy (non-hydrogen) atoms. The van der Waals surface area contributed by atoms with Crippen molar-refractivity contribution in [2.24, 2.45) is 0 Å². The second kappa shape index (κ2) is 22.1. The van der Waals surface area contributed by atoms with Crippen LogP contribution in [0.2, 0.25) is 295 Å². The maximum Gasteiger partial charge on any atom is 0.247 e. The van der Waals surface area contributed by atoms with Crippen molar-refractivity contribution in [1.82, 2.24) is 0 Å². The van der Waals surface area contributed by atoms with E-state index in [2.05, 4.69) is 295 Å². The Morgan fingerprint density at radius 3 is 0.212 bits per heavy atom. The van der Waals surface area contributed by atoms with Gasteiger partial charge in [-0.05, 0) is 15.6 Å². The molecule has 3 rings (SSSR count). The lowest BCUT2D eigenvalue weighted by Crippen LogP contribution is -2.96. The van der Waals surface area contributed by atoms with Gasteiger partial charge in [-0.1, -0.05) is 372 Å². The zero-order chi connectivity index (χ0) is 64.4. The number of benzene rings is 3. The number of hydrogen-bond donors (Lipinski definition) is 0. The Hall–Kier alpha value is 1.42. The van der Waals surface area contributed by atoms with E-state index in [1.54, 1.807) is 0 Å². The van der Waals surface area contributed by atoms with Crippen LogP contribution in [0.4, 0.5) is 0 Å². The van der Waals surface area contributed by atoms with E-state index < -0.39 is 128 Å². The van der Waals surface area contributed by atoms with E-state index in [0.29, 0.717) is 0 Å². The second-order valence-corrected chi connectivity index (χ2v) is 121. The van der Waals surface area contributed by atoms with Crippen LogP contribution in [-0.2, 0) is 0 Å². The molecule has 0 aromatic heterocycles. The minimum atomic E-state index is -3.85. The Balaban J connectivity index is 4.08. The third-order valence-corrected chi connectivity index (χ3v) is 56.6. The fourth-order valence-corrected chi connectivity index (χ4v) is 87.2. The summed E-state index contributed by atoms with van der Waals surface area (Å²) in [5.74, 6) is 0. The molecule has 0 saturated heterocycles. The molecule has 0 radical (unpaired) electrons. The van der Waals surface area contributed by atoms with E-state index in [1.165, 1.54) is 0 Å². The Kier molecular flexibility index (Phi) is 20.9. The molecule has 0 spiro atoms. The standard InChI is InChI=1S/C63H135ClSi16/c1-65(2,3)46-49(68(10,11)12)55(74(28,29)30)61(56(75(31,32)33)50(46)69(13,14)15)80(64,62-57(76(34,35)36)51(70(16,17)18)47(66(4,5)6)52(71(19,20)21)58(62)77(37,38)39)63-59(78(40,41)42)53(72(22,23)24)48(67(7,8)9)54(73(25,26)27)60(63)79(43,44)45/h1-45H3. The van der Waals surface area contributed by atoms with Crippen molar-refractivity contribution in [1.29, 1.82) is 0 Å². The first-order valence-corrected chi connectivity index (χ1v) is 87.2. The van der Waals surface area contributed by atoms with E-state index in [1.807, 2.05) is 93.4 Å². The van der Waals surface area contributed by atoms with Crippen molar-refractivity contribution < 1.29 is 0 Å². The van der Waals surface area contributed by atoms with Crippen LogP contribution in [0.3, 0.4) is 0 Å². The van der Waals surface area contributed by atoms with Crippen LogP contribution in [0.15, 0.2) is 0 Å². The smallest absolute Gasteiger partial charge is 0.149 e.